The first-order chi connectivity index (χ1) is 12.7. The Kier molecular flexibility index (Phi) is 5.25. The molecule has 26 heavy (non-hydrogen) atoms. The van der Waals surface area contributed by atoms with Crippen LogP contribution in [0, 0.1) is 11.8 Å². The van der Waals surface area contributed by atoms with Crippen LogP contribution in [-0.4, -0.2) is 23.0 Å². The fourth-order valence-corrected chi connectivity index (χ4v) is 2.29. The Bertz CT molecular complexity index is 972. The number of hydrogen-bond acceptors (Lipinski definition) is 4. The molecule has 1 aromatic heterocycles. The third-order valence-corrected chi connectivity index (χ3v) is 3.55. The molecule has 0 atom stereocenters. The topological polar surface area (TPSA) is 64.1 Å². The second-order valence-corrected chi connectivity index (χ2v) is 5.48. The maximum Gasteiger partial charge on any atom is 0.222 e. The molecule has 0 aliphatic heterocycles. The molecule has 0 saturated carbocycles. The number of carbonyl (C=O) groups is 1. The molecule has 0 radical (unpaired) electrons. The third kappa shape index (κ3) is 4.25. The van der Waals surface area contributed by atoms with Crippen LogP contribution in [0.15, 0.2) is 60.8 Å². The molecule has 0 aliphatic rings. The Hall–Kier alpha value is -3.65. The van der Waals surface area contributed by atoms with E-state index in [1.165, 1.54) is 6.92 Å². The molecule has 3 aromatic rings. The summed E-state index contributed by atoms with van der Waals surface area (Å²) in [6.07, 6.45) is 1.61. The fraction of sp³-hybridized carbons (Fsp3) is 0.0952. The number of amides is 1. The van der Waals surface area contributed by atoms with E-state index in [0.717, 1.165) is 16.9 Å². The SMILES string of the molecule is COc1ccc(-c2cnc(NC(C)=O)c(C#Cc3ccccc3)n2)cc1. The highest BCUT2D eigenvalue weighted by atomic mass is 16.5. The number of nitrogens with zero attached hydrogens (tertiary/aromatic N) is 2. The fourth-order valence-electron chi connectivity index (χ4n) is 2.29. The number of nitrogens with one attached hydrogen (secondary N) is 1. The number of carbonyl (C=O) groups excluding carboxylic acids is 1. The molecule has 0 spiro atoms. The average Bonchev–Trinajstić information content (AvgIpc) is 2.68. The van der Waals surface area contributed by atoms with Gasteiger partial charge in [-0.25, -0.2) is 9.97 Å². The normalized spacial score (nSPS) is 9.77. The second kappa shape index (κ2) is 7.95. The number of aromatic nitrogens is 2. The van der Waals surface area contributed by atoms with Crippen molar-refractivity contribution < 1.29 is 9.53 Å². The highest BCUT2D eigenvalue weighted by Gasteiger charge is 2.09. The Morgan fingerprint density at radius 2 is 1.77 bits per heavy atom. The predicted molar refractivity (Wildman–Crippen MR) is 101 cm³/mol. The Morgan fingerprint density at radius 1 is 1.04 bits per heavy atom. The zero-order valence-electron chi connectivity index (χ0n) is 14.5. The predicted octanol–water partition coefficient (Wildman–Crippen LogP) is 3.51. The van der Waals surface area contributed by atoms with Gasteiger partial charge in [0.15, 0.2) is 11.5 Å². The summed E-state index contributed by atoms with van der Waals surface area (Å²) >= 11 is 0. The van der Waals surface area contributed by atoms with Crippen LogP contribution in [-0.2, 0) is 4.79 Å². The lowest BCUT2D eigenvalue weighted by atomic mass is 10.1. The molecule has 0 bridgehead atoms. The highest BCUT2D eigenvalue weighted by molar-refractivity contribution is 5.88. The summed E-state index contributed by atoms with van der Waals surface area (Å²) in [6.45, 7) is 1.42. The molecule has 1 N–H and O–H groups in total. The van der Waals surface area contributed by atoms with Gasteiger partial charge < -0.3 is 10.1 Å². The van der Waals surface area contributed by atoms with Crippen molar-refractivity contribution in [3.05, 3.63) is 72.1 Å². The van der Waals surface area contributed by atoms with Gasteiger partial charge in [0, 0.05) is 18.1 Å². The summed E-state index contributed by atoms with van der Waals surface area (Å²) in [7, 11) is 1.62. The number of anilines is 1. The molecule has 5 nitrogen and oxygen atoms in total. The number of methoxy groups -OCH3 is 1. The minimum Gasteiger partial charge on any atom is -0.497 e. The van der Waals surface area contributed by atoms with Crippen molar-refractivity contribution in [2.75, 3.05) is 12.4 Å². The molecule has 0 saturated heterocycles. The van der Waals surface area contributed by atoms with Gasteiger partial charge in [0.1, 0.15) is 5.75 Å². The minimum absolute atomic E-state index is 0.223. The van der Waals surface area contributed by atoms with Gasteiger partial charge in [-0.2, -0.15) is 0 Å². The largest absolute Gasteiger partial charge is 0.497 e. The minimum atomic E-state index is -0.223. The molecule has 5 heteroatoms. The Morgan fingerprint density at radius 3 is 2.42 bits per heavy atom. The molecular formula is C21H17N3O2. The monoisotopic (exact) mass is 343 g/mol. The molecular weight excluding hydrogens is 326 g/mol. The molecule has 2 aromatic carbocycles. The maximum absolute atomic E-state index is 11.4. The molecule has 0 aliphatic carbocycles. The van der Waals surface area contributed by atoms with E-state index < -0.39 is 0 Å². The van der Waals surface area contributed by atoms with Gasteiger partial charge in [0.05, 0.1) is 19.0 Å². The average molecular weight is 343 g/mol. The van der Waals surface area contributed by atoms with Gasteiger partial charge in [-0.1, -0.05) is 24.1 Å². The van der Waals surface area contributed by atoms with Crippen molar-refractivity contribution in [2.45, 2.75) is 6.92 Å². The van der Waals surface area contributed by atoms with Crippen LogP contribution in [0.2, 0.25) is 0 Å². The second-order valence-electron chi connectivity index (χ2n) is 5.48. The summed E-state index contributed by atoms with van der Waals surface area (Å²) in [5.41, 5.74) is 2.82. The zero-order chi connectivity index (χ0) is 18.4. The van der Waals surface area contributed by atoms with Crippen molar-refractivity contribution in [1.82, 2.24) is 9.97 Å². The van der Waals surface area contributed by atoms with E-state index in [4.69, 9.17) is 4.74 Å². The summed E-state index contributed by atoms with van der Waals surface area (Å²) < 4.78 is 5.17. The van der Waals surface area contributed by atoms with E-state index in [9.17, 15) is 4.79 Å². The van der Waals surface area contributed by atoms with Gasteiger partial charge in [0.2, 0.25) is 5.91 Å². The Balaban J connectivity index is 2.01. The van der Waals surface area contributed by atoms with Crippen LogP contribution >= 0.6 is 0 Å². The van der Waals surface area contributed by atoms with E-state index in [1.54, 1.807) is 13.3 Å². The van der Waals surface area contributed by atoms with Crippen LogP contribution in [0.1, 0.15) is 18.2 Å². The molecule has 1 amide bonds. The molecule has 3 rings (SSSR count). The van der Waals surface area contributed by atoms with Crippen molar-refractivity contribution in [2.24, 2.45) is 0 Å². The van der Waals surface area contributed by atoms with Crippen LogP contribution in [0.3, 0.4) is 0 Å². The van der Waals surface area contributed by atoms with Crippen molar-refractivity contribution in [3.8, 4) is 28.8 Å². The third-order valence-electron chi connectivity index (χ3n) is 3.55. The Labute approximate surface area is 152 Å². The molecule has 1 heterocycles. The molecule has 0 unspecified atom stereocenters. The van der Waals surface area contributed by atoms with E-state index in [0.29, 0.717) is 17.2 Å². The standard InChI is InChI=1S/C21H17N3O2/c1-15(25)23-21-19(13-8-16-6-4-3-5-7-16)24-20(14-22-21)17-9-11-18(26-2)12-10-17/h3-7,9-12,14H,1-2H3,(H,22,23,25). The first kappa shape index (κ1) is 17.2. The number of rotatable bonds is 3. The van der Waals surface area contributed by atoms with Gasteiger partial charge in [0.25, 0.3) is 0 Å². The lowest BCUT2D eigenvalue weighted by molar-refractivity contribution is -0.114. The first-order valence-corrected chi connectivity index (χ1v) is 8.02. The van der Waals surface area contributed by atoms with Gasteiger partial charge in [-0.05, 0) is 42.3 Å². The van der Waals surface area contributed by atoms with Crippen LogP contribution < -0.4 is 10.1 Å². The number of benzene rings is 2. The summed E-state index contributed by atoms with van der Waals surface area (Å²) in [4.78, 5) is 20.3. The lowest BCUT2D eigenvalue weighted by Crippen LogP contribution is -2.10. The van der Waals surface area contributed by atoms with Crippen molar-refractivity contribution in [1.29, 1.82) is 0 Å². The zero-order valence-corrected chi connectivity index (χ0v) is 14.5. The van der Waals surface area contributed by atoms with Crippen molar-refractivity contribution >= 4 is 11.7 Å². The van der Waals surface area contributed by atoms with Crippen LogP contribution in [0.5, 0.6) is 5.75 Å². The van der Waals surface area contributed by atoms with E-state index in [2.05, 4.69) is 27.1 Å². The summed E-state index contributed by atoms with van der Waals surface area (Å²) in [5.74, 6) is 6.94. The first-order valence-electron chi connectivity index (χ1n) is 8.02. The summed E-state index contributed by atoms with van der Waals surface area (Å²) in [5, 5.41) is 2.67. The van der Waals surface area contributed by atoms with Crippen LogP contribution in [0.4, 0.5) is 5.82 Å². The van der Waals surface area contributed by atoms with Gasteiger partial charge >= 0.3 is 0 Å². The highest BCUT2D eigenvalue weighted by Crippen LogP contribution is 2.22. The van der Waals surface area contributed by atoms with E-state index in [-0.39, 0.29) is 5.91 Å². The van der Waals surface area contributed by atoms with Gasteiger partial charge in [-0.3, -0.25) is 4.79 Å². The van der Waals surface area contributed by atoms with Gasteiger partial charge in [-0.15, -0.1) is 0 Å². The lowest BCUT2D eigenvalue weighted by Gasteiger charge is -2.07. The summed E-state index contributed by atoms with van der Waals surface area (Å²) in [6, 6.07) is 17.1. The number of hydrogen-bond donors (Lipinski definition) is 1. The van der Waals surface area contributed by atoms with Crippen LogP contribution in [0.25, 0.3) is 11.3 Å². The number of ether oxygens (including phenoxy) is 1. The van der Waals surface area contributed by atoms with Crippen molar-refractivity contribution in [3.63, 3.8) is 0 Å². The van der Waals surface area contributed by atoms with E-state index in [1.807, 2.05) is 54.6 Å². The molecule has 0 fully saturated rings. The van der Waals surface area contributed by atoms with E-state index >= 15 is 0 Å². The smallest absolute Gasteiger partial charge is 0.222 e. The maximum atomic E-state index is 11.4. The quantitative estimate of drug-likeness (QED) is 0.739. The molecule has 128 valence electrons.